The molecule has 3 aliphatic heterocycles. The summed E-state index contributed by atoms with van der Waals surface area (Å²) < 4.78 is 3.21. The standard InChI is InChI=1S/C27H23Br2N3O4S2/c28-16-7-9-18(10-8-16)32-24(34)21-20(15-5-4-6-17(29)13-15)23-26(37-22(21)25(32)35)31(27(36)38-23)14-19(33)30-11-2-1-3-12-30/h4-10,13,20-22H,1-3,11-12,14H2/t20-,21?,22?/m1/s1. The van der Waals surface area contributed by atoms with Crippen LogP contribution in [0.4, 0.5) is 5.69 Å². The lowest BCUT2D eigenvalue weighted by molar-refractivity contribution is -0.133. The minimum absolute atomic E-state index is 0.0567. The molecule has 38 heavy (non-hydrogen) atoms. The van der Waals surface area contributed by atoms with E-state index in [4.69, 9.17) is 0 Å². The summed E-state index contributed by atoms with van der Waals surface area (Å²) >= 11 is 9.27. The predicted octanol–water partition coefficient (Wildman–Crippen LogP) is 5.24. The molecule has 3 aromatic rings. The van der Waals surface area contributed by atoms with Crippen molar-refractivity contribution < 1.29 is 14.4 Å². The van der Waals surface area contributed by atoms with E-state index in [1.807, 2.05) is 29.2 Å². The Bertz CT molecular complexity index is 1500. The van der Waals surface area contributed by atoms with Crippen molar-refractivity contribution in [2.75, 3.05) is 18.0 Å². The number of fused-ring (bicyclic) bond motifs is 2. The first-order valence-electron chi connectivity index (χ1n) is 12.4. The zero-order chi connectivity index (χ0) is 26.6. The zero-order valence-corrected chi connectivity index (χ0v) is 24.9. The Labute approximate surface area is 244 Å². The summed E-state index contributed by atoms with van der Waals surface area (Å²) in [6.07, 6.45) is 3.04. The molecule has 2 fully saturated rings. The average Bonchev–Trinajstić information content (AvgIpc) is 3.36. The number of imide groups is 1. The van der Waals surface area contributed by atoms with E-state index >= 15 is 0 Å². The van der Waals surface area contributed by atoms with Crippen LogP contribution < -0.4 is 9.77 Å². The van der Waals surface area contributed by atoms with E-state index in [2.05, 4.69) is 31.9 Å². The van der Waals surface area contributed by atoms with Crippen molar-refractivity contribution in [2.24, 2.45) is 5.92 Å². The quantitative estimate of drug-likeness (QED) is 0.353. The van der Waals surface area contributed by atoms with Crippen LogP contribution in [0, 0.1) is 5.92 Å². The molecule has 0 N–H and O–H groups in total. The highest BCUT2D eigenvalue weighted by molar-refractivity contribution is 9.10. The number of benzene rings is 2. The van der Waals surface area contributed by atoms with Crippen LogP contribution in [-0.2, 0) is 20.9 Å². The van der Waals surface area contributed by atoms with Gasteiger partial charge in [-0.05, 0) is 61.2 Å². The number of hydrogen-bond acceptors (Lipinski definition) is 6. The van der Waals surface area contributed by atoms with Crippen LogP contribution in [0.25, 0.3) is 0 Å². The van der Waals surface area contributed by atoms with Gasteiger partial charge in [-0.1, -0.05) is 67.1 Å². The third kappa shape index (κ3) is 4.51. The number of anilines is 1. The molecule has 0 saturated carbocycles. The second-order valence-corrected chi connectivity index (χ2v) is 13.6. The number of piperidine rings is 1. The van der Waals surface area contributed by atoms with Gasteiger partial charge in [0.25, 0.3) is 0 Å². The molecule has 0 bridgehead atoms. The van der Waals surface area contributed by atoms with Gasteiger partial charge in [0.15, 0.2) is 0 Å². The highest BCUT2D eigenvalue weighted by atomic mass is 79.9. The van der Waals surface area contributed by atoms with Crippen LogP contribution in [0.5, 0.6) is 0 Å². The number of likely N-dealkylation sites (tertiary alicyclic amines) is 1. The topological polar surface area (TPSA) is 79.7 Å². The number of hydrogen-bond donors (Lipinski definition) is 0. The van der Waals surface area contributed by atoms with E-state index in [9.17, 15) is 19.2 Å². The highest BCUT2D eigenvalue weighted by Gasteiger charge is 2.56. The van der Waals surface area contributed by atoms with E-state index in [-0.39, 0.29) is 29.1 Å². The molecular weight excluding hydrogens is 654 g/mol. The van der Waals surface area contributed by atoms with Gasteiger partial charge in [0.05, 0.1) is 16.6 Å². The van der Waals surface area contributed by atoms with Crippen LogP contribution in [0.15, 0.2) is 67.3 Å². The van der Waals surface area contributed by atoms with Gasteiger partial charge in [0, 0.05) is 32.8 Å². The van der Waals surface area contributed by atoms with Gasteiger partial charge < -0.3 is 4.90 Å². The lowest BCUT2D eigenvalue weighted by atomic mass is 9.83. The van der Waals surface area contributed by atoms with Gasteiger partial charge in [-0.15, -0.1) is 0 Å². The van der Waals surface area contributed by atoms with Crippen molar-refractivity contribution in [3.63, 3.8) is 0 Å². The van der Waals surface area contributed by atoms with Gasteiger partial charge >= 0.3 is 4.87 Å². The summed E-state index contributed by atoms with van der Waals surface area (Å²) in [5, 5.41) is -0.0802. The fourth-order valence-corrected chi connectivity index (χ4v) is 8.99. The Morgan fingerprint density at radius 2 is 1.66 bits per heavy atom. The van der Waals surface area contributed by atoms with E-state index in [1.54, 1.807) is 24.3 Å². The van der Waals surface area contributed by atoms with Crippen LogP contribution >= 0.6 is 55.0 Å². The Hall–Kier alpha value is -2.21. The number of rotatable bonds is 4. The lowest BCUT2D eigenvalue weighted by Crippen LogP contribution is -2.39. The van der Waals surface area contributed by atoms with Crippen molar-refractivity contribution in [3.05, 3.63) is 77.6 Å². The van der Waals surface area contributed by atoms with E-state index in [0.29, 0.717) is 23.8 Å². The smallest absolute Gasteiger partial charge is 0.308 e. The van der Waals surface area contributed by atoms with Crippen molar-refractivity contribution in [1.82, 2.24) is 9.47 Å². The normalized spacial score (nSPS) is 22.9. The third-order valence-corrected chi connectivity index (χ3v) is 11.0. The maximum absolute atomic E-state index is 13.9. The first-order valence-corrected chi connectivity index (χ1v) is 15.7. The lowest BCUT2D eigenvalue weighted by Gasteiger charge is -2.31. The molecule has 7 nitrogen and oxygen atoms in total. The van der Waals surface area contributed by atoms with Crippen molar-refractivity contribution >= 4 is 78.4 Å². The number of aromatic nitrogens is 1. The fraction of sp³-hybridized carbons (Fsp3) is 0.333. The second-order valence-electron chi connectivity index (χ2n) is 9.65. The summed E-state index contributed by atoms with van der Waals surface area (Å²) in [5.74, 6) is -1.80. The molecule has 2 aromatic carbocycles. The number of carbonyl (C=O) groups is 3. The van der Waals surface area contributed by atoms with Crippen LogP contribution in [0.2, 0.25) is 0 Å². The summed E-state index contributed by atoms with van der Waals surface area (Å²) in [7, 11) is 0. The monoisotopic (exact) mass is 675 g/mol. The Kier molecular flexibility index (Phi) is 7.13. The maximum Gasteiger partial charge on any atom is 0.308 e. The number of amides is 3. The molecule has 0 aliphatic carbocycles. The Morgan fingerprint density at radius 1 is 0.921 bits per heavy atom. The molecular formula is C27H23Br2N3O4S2. The number of thioether (sulfide) groups is 1. The van der Waals surface area contributed by atoms with Gasteiger partial charge in [-0.25, -0.2) is 4.90 Å². The second kappa shape index (κ2) is 10.4. The molecule has 1 aromatic heterocycles. The van der Waals surface area contributed by atoms with Gasteiger partial charge in [0.1, 0.15) is 11.8 Å². The fourth-order valence-electron chi connectivity index (χ4n) is 5.54. The molecule has 2 unspecified atom stereocenters. The van der Waals surface area contributed by atoms with E-state index in [1.165, 1.54) is 21.2 Å². The van der Waals surface area contributed by atoms with Gasteiger partial charge in [0.2, 0.25) is 17.7 Å². The molecule has 3 amide bonds. The third-order valence-electron chi connectivity index (χ3n) is 7.34. The minimum Gasteiger partial charge on any atom is -0.341 e. The maximum atomic E-state index is 13.9. The zero-order valence-electron chi connectivity index (χ0n) is 20.1. The molecule has 0 spiro atoms. The minimum atomic E-state index is -0.701. The van der Waals surface area contributed by atoms with Crippen LogP contribution in [0.3, 0.4) is 0 Å². The molecule has 2 saturated heterocycles. The largest absolute Gasteiger partial charge is 0.341 e. The van der Waals surface area contributed by atoms with Crippen molar-refractivity contribution in [3.8, 4) is 0 Å². The molecule has 196 valence electrons. The molecule has 11 heteroatoms. The van der Waals surface area contributed by atoms with Gasteiger partial charge in [-0.2, -0.15) is 0 Å². The van der Waals surface area contributed by atoms with Crippen molar-refractivity contribution in [1.29, 1.82) is 0 Å². The van der Waals surface area contributed by atoms with Crippen molar-refractivity contribution in [2.45, 2.75) is 42.0 Å². The number of thiazole rings is 1. The summed E-state index contributed by atoms with van der Waals surface area (Å²) in [6.45, 7) is 1.35. The molecule has 0 radical (unpaired) electrons. The first kappa shape index (κ1) is 26.0. The number of carbonyl (C=O) groups excluding carboxylic acids is 3. The highest BCUT2D eigenvalue weighted by Crippen LogP contribution is 2.54. The molecule has 3 atom stereocenters. The molecule has 4 heterocycles. The number of halogens is 2. The molecule has 6 rings (SSSR count). The number of nitrogens with zero attached hydrogens (tertiary/aromatic N) is 3. The SMILES string of the molecule is O=C(Cn1c2c(sc1=O)[C@H](c1cccc(Br)c1)C1C(=O)N(c3ccc(Br)cc3)C(=O)C1S2)N1CCCCC1. The van der Waals surface area contributed by atoms with E-state index in [0.717, 1.165) is 50.0 Å². The predicted molar refractivity (Wildman–Crippen MR) is 155 cm³/mol. The summed E-state index contributed by atoms with van der Waals surface area (Å²) in [5.41, 5.74) is 1.37. The van der Waals surface area contributed by atoms with Crippen LogP contribution in [0.1, 0.15) is 35.6 Å². The average molecular weight is 677 g/mol. The summed E-state index contributed by atoms with van der Waals surface area (Å²) in [6, 6.07) is 14.8. The first-order chi connectivity index (χ1) is 18.3. The van der Waals surface area contributed by atoms with E-state index < -0.39 is 17.1 Å². The van der Waals surface area contributed by atoms with Gasteiger partial charge in [-0.3, -0.25) is 23.7 Å². The Balaban J connectivity index is 1.44. The molecule has 3 aliphatic rings. The van der Waals surface area contributed by atoms with Crippen LogP contribution in [-0.4, -0.2) is 45.5 Å². The summed E-state index contributed by atoms with van der Waals surface area (Å²) in [4.78, 5) is 57.7. The Morgan fingerprint density at radius 3 is 2.37 bits per heavy atom.